The predicted octanol–water partition coefficient (Wildman–Crippen LogP) is 0.619. The van der Waals surface area contributed by atoms with Gasteiger partial charge >= 0.3 is 0 Å². The summed E-state index contributed by atoms with van der Waals surface area (Å²) >= 11 is 0. The third-order valence-electron chi connectivity index (χ3n) is 5.22. The molecule has 8 heteroatoms. The lowest BCUT2D eigenvalue weighted by molar-refractivity contribution is -0.142. The largest absolute Gasteiger partial charge is 0.343 e. The molecule has 1 atom stereocenters. The van der Waals surface area contributed by atoms with Crippen molar-refractivity contribution in [3.05, 3.63) is 18.0 Å². The Hall–Kier alpha value is -2.38. The van der Waals surface area contributed by atoms with Crippen LogP contribution in [0.5, 0.6) is 0 Å². The van der Waals surface area contributed by atoms with Gasteiger partial charge in [0, 0.05) is 52.3 Å². The molecule has 0 spiro atoms. The summed E-state index contributed by atoms with van der Waals surface area (Å²) in [5.41, 5.74) is 0.889. The van der Waals surface area contributed by atoms with Crippen molar-refractivity contribution < 1.29 is 14.4 Å². The van der Waals surface area contributed by atoms with Crippen LogP contribution >= 0.6 is 0 Å². The number of aromatic amines is 1. The van der Waals surface area contributed by atoms with Gasteiger partial charge in [0.15, 0.2) is 0 Å². The standard InChI is InChI=1S/C18H27N5O3/c1-21(13-15-7-8-19-20-15)18(26)14-5-6-17(25)23(12-14)11-3-10-22-9-2-4-16(22)24/h7-8,14H,2-6,9-13H2,1H3,(H,19,20)/t14-/m1/s1. The number of nitrogens with zero attached hydrogens (tertiary/aromatic N) is 4. The summed E-state index contributed by atoms with van der Waals surface area (Å²) in [5.74, 6) is 0.224. The molecule has 0 bridgehead atoms. The van der Waals surface area contributed by atoms with Crippen LogP contribution in [-0.2, 0) is 20.9 Å². The van der Waals surface area contributed by atoms with Gasteiger partial charge in [0.2, 0.25) is 17.7 Å². The van der Waals surface area contributed by atoms with E-state index in [1.165, 1.54) is 0 Å². The smallest absolute Gasteiger partial charge is 0.227 e. The molecule has 0 aliphatic carbocycles. The van der Waals surface area contributed by atoms with Gasteiger partial charge in [-0.1, -0.05) is 0 Å². The number of piperidine rings is 1. The van der Waals surface area contributed by atoms with Crippen molar-refractivity contribution in [2.24, 2.45) is 5.92 Å². The zero-order chi connectivity index (χ0) is 18.5. The molecular formula is C18H27N5O3. The van der Waals surface area contributed by atoms with E-state index in [-0.39, 0.29) is 23.6 Å². The fourth-order valence-corrected chi connectivity index (χ4v) is 3.74. The highest BCUT2D eigenvalue weighted by Crippen LogP contribution is 2.21. The maximum Gasteiger partial charge on any atom is 0.227 e. The molecule has 0 radical (unpaired) electrons. The Bertz CT molecular complexity index is 645. The van der Waals surface area contributed by atoms with E-state index in [1.54, 1.807) is 23.0 Å². The number of H-pyrrole nitrogens is 1. The highest BCUT2D eigenvalue weighted by atomic mass is 16.2. The Morgan fingerprint density at radius 2 is 2.04 bits per heavy atom. The van der Waals surface area contributed by atoms with Gasteiger partial charge in [-0.2, -0.15) is 5.10 Å². The van der Waals surface area contributed by atoms with E-state index in [0.29, 0.717) is 45.4 Å². The average molecular weight is 361 g/mol. The van der Waals surface area contributed by atoms with Crippen LogP contribution in [0.1, 0.15) is 37.8 Å². The first kappa shape index (κ1) is 18.4. The molecule has 2 aliphatic heterocycles. The number of hydrogen-bond donors (Lipinski definition) is 1. The number of carbonyl (C=O) groups is 3. The number of carbonyl (C=O) groups excluding carboxylic acids is 3. The zero-order valence-electron chi connectivity index (χ0n) is 15.3. The molecule has 0 saturated carbocycles. The quantitative estimate of drug-likeness (QED) is 0.771. The first-order valence-corrected chi connectivity index (χ1v) is 9.33. The maximum atomic E-state index is 12.7. The summed E-state index contributed by atoms with van der Waals surface area (Å²) in [7, 11) is 1.78. The second kappa shape index (κ2) is 8.33. The Balaban J connectivity index is 1.47. The first-order valence-electron chi connectivity index (χ1n) is 9.33. The minimum atomic E-state index is -0.158. The minimum Gasteiger partial charge on any atom is -0.343 e. The Morgan fingerprint density at radius 1 is 1.27 bits per heavy atom. The molecular weight excluding hydrogens is 334 g/mol. The summed E-state index contributed by atoms with van der Waals surface area (Å²) < 4.78 is 0. The van der Waals surface area contributed by atoms with Gasteiger partial charge < -0.3 is 14.7 Å². The third kappa shape index (κ3) is 4.42. The molecule has 2 fully saturated rings. The van der Waals surface area contributed by atoms with Crippen LogP contribution in [0.4, 0.5) is 0 Å². The highest BCUT2D eigenvalue weighted by Gasteiger charge is 2.32. The fourth-order valence-electron chi connectivity index (χ4n) is 3.74. The van der Waals surface area contributed by atoms with Crippen molar-refractivity contribution in [2.75, 3.05) is 33.2 Å². The number of aromatic nitrogens is 2. The van der Waals surface area contributed by atoms with Crippen LogP contribution < -0.4 is 0 Å². The normalized spacial score (nSPS) is 20.7. The van der Waals surface area contributed by atoms with Gasteiger partial charge in [0.25, 0.3) is 0 Å². The molecule has 1 aromatic rings. The third-order valence-corrected chi connectivity index (χ3v) is 5.22. The second-order valence-corrected chi connectivity index (χ2v) is 7.19. The van der Waals surface area contributed by atoms with Crippen LogP contribution in [0, 0.1) is 5.92 Å². The molecule has 2 aliphatic rings. The van der Waals surface area contributed by atoms with Crippen molar-refractivity contribution in [3.63, 3.8) is 0 Å². The second-order valence-electron chi connectivity index (χ2n) is 7.19. The Labute approximate surface area is 153 Å². The molecule has 26 heavy (non-hydrogen) atoms. The predicted molar refractivity (Wildman–Crippen MR) is 94.8 cm³/mol. The van der Waals surface area contributed by atoms with Crippen molar-refractivity contribution in [1.82, 2.24) is 24.9 Å². The molecule has 0 unspecified atom stereocenters. The molecule has 1 aromatic heterocycles. The topological polar surface area (TPSA) is 89.6 Å². The lowest BCUT2D eigenvalue weighted by Crippen LogP contribution is -2.46. The van der Waals surface area contributed by atoms with E-state index in [4.69, 9.17) is 0 Å². The first-order chi connectivity index (χ1) is 12.5. The van der Waals surface area contributed by atoms with Gasteiger partial charge in [0.05, 0.1) is 18.2 Å². The van der Waals surface area contributed by atoms with E-state index in [9.17, 15) is 14.4 Å². The molecule has 3 rings (SSSR count). The van der Waals surface area contributed by atoms with E-state index < -0.39 is 0 Å². The lowest BCUT2D eigenvalue weighted by atomic mass is 9.96. The summed E-state index contributed by atoms with van der Waals surface area (Å²) in [5, 5.41) is 6.76. The highest BCUT2D eigenvalue weighted by molar-refractivity contribution is 5.83. The van der Waals surface area contributed by atoms with E-state index >= 15 is 0 Å². The van der Waals surface area contributed by atoms with Crippen molar-refractivity contribution >= 4 is 17.7 Å². The summed E-state index contributed by atoms with van der Waals surface area (Å²) in [6.07, 6.45) is 5.02. The summed E-state index contributed by atoms with van der Waals surface area (Å²) in [6.45, 7) is 3.09. The Morgan fingerprint density at radius 3 is 2.73 bits per heavy atom. The molecule has 1 N–H and O–H groups in total. The fraction of sp³-hybridized carbons (Fsp3) is 0.667. The van der Waals surface area contributed by atoms with Gasteiger partial charge in [-0.05, 0) is 25.3 Å². The van der Waals surface area contributed by atoms with Crippen LogP contribution in [0.3, 0.4) is 0 Å². The van der Waals surface area contributed by atoms with Crippen LogP contribution in [-0.4, -0.2) is 75.8 Å². The van der Waals surface area contributed by atoms with E-state index in [1.807, 2.05) is 11.0 Å². The summed E-state index contributed by atoms with van der Waals surface area (Å²) in [6, 6.07) is 1.85. The van der Waals surface area contributed by atoms with E-state index in [2.05, 4.69) is 10.2 Å². The van der Waals surface area contributed by atoms with Gasteiger partial charge in [-0.25, -0.2) is 0 Å². The molecule has 8 nitrogen and oxygen atoms in total. The number of nitrogens with one attached hydrogen (secondary N) is 1. The average Bonchev–Trinajstić information content (AvgIpc) is 3.28. The van der Waals surface area contributed by atoms with Gasteiger partial charge in [0.1, 0.15) is 0 Å². The number of likely N-dealkylation sites (tertiary alicyclic amines) is 2. The molecule has 2 saturated heterocycles. The molecule has 3 amide bonds. The van der Waals surface area contributed by atoms with Gasteiger partial charge in [-0.15, -0.1) is 0 Å². The van der Waals surface area contributed by atoms with E-state index in [0.717, 1.165) is 25.1 Å². The van der Waals surface area contributed by atoms with Gasteiger partial charge in [-0.3, -0.25) is 19.5 Å². The molecule has 142 valence electrons. The molecule has 0 aromatic carbocycles. The number of hydrogen-bond acceptors (Lipinski definition) is 4. The van der Waals surface area contributed by atoms with Crippen molar-refractivity contribution in [1.29, 1.82) is 0 Å². The summed E-state index contributed by atoms with van der Waals surface area (Å²) in [4.78, 5) is 41.9. The van der Waals surface area contributed by atoms with Crippen LogP contribution in [0.2, 0.25) is 0 Å². The minimum absolute atomic E-state index is 0.0619. The SMILES string of the molecule is CN(Cc1ccn[nH]1)C(=O)[C@@H]1CCC(=O)N(CCCN2CCCC2=O)C1. The lowest BCUT2D eigenvalue weighted by Gasteiger charge is -2.34. The number of amides is 3. The Kier molecular flexibility index (Phi) is 5.90. The van der Waals surface area contributed by atoms with Crippen LogP contribution in [0.15, 0.2) is 12.3 Å². The zero-order valence-corrected chi connectivity index (χ0v) is 15.3. The maximum absolute atomic E-state index is 12.7. The van der Waals surface area contributed by atoms with Crippen LogP contribution in [0.25, 0.3) is 0 Å². The monoisotopic (exact) mass is 361 g/mol. The number of rotatable bonds is 7. The van der Waals surface area contributed by atoms with Crippen molar-refractivity contribution in [2.45, 2.75) is 38.6 Å². The molecule has 3 heterocycles. The van der Waals surface area contributed by atoms with Crippen molar-refractivity contribution in [3.8, 4) is 0 Å².